The van der Waals surface area contributed by atoms with Gasteiger partial charge in [-0.15, -0.1) is 0 Å². The summed E-state index contributed by atoms with van der Waals surface area (Å²) >= 11 is 0. The average molecular weight is 278 g/mol. The molecule has 0 radical (unpaired) electrons. The van der Waals surface area contributed by atoms with Crippen LogP contribution in [0, 0.1) is 0 Å². The van der Waals surface area contributed by atoms with Crippen LogP contribution in [0.1, 0.15) is 26.7 Å². The molecule has 1 heterocycles. The lowest BCUT2D eigenvalue weighted by molar-refractivity contribution is 0.0553. The number of hydrogen-bond acceptors (Lipinski definition) is 4. The molecule has 1 unspecified atom stereocenters. The van der Waals surface area contributed by atoms with E-state index in [0.717, 1.165) is 37.4 Å². The Morgan fingerprint density at radius 2 is 2.10 bits per heavy atom. The predicted octanol–water partition coefficient (Wildman–Crippen LogP) is 2.42. The number of benzene rings is 1. The van der Waals surface area contributed by atoms with E-state index in [0.29, 0.717) is 13.2 Å². The monoisotopic (exact) mass is 278 g/mol. The summed E-state index contributed by atoms with van der Waals surface area (Å²) in [6.07, 6.45) is 2.50. The predicted molar refractivity (Wildman–Crippen MR) is 82.4 cm³/mol. The number of rotatable bonds is 6. The van der Waals surface area contributed by atoms with Gasteiger partial charge in [0.05, 0.1) is 18.4 Å². The summed E-state index contributed by atoms with van der Waals surface area (Å²) < 4.78 is 11.4. The molecule has 20 heavy (non-hydrogen) atoms. The topological polar surface area (TPSA) is 47.7 Å². The Hall–Kier alpha value is -1.26. The molecule has 1 aliphatic heterocycles. The van der Waals surface area contributed by atoms with Crippen molar-refractivity contribution in [3.8, 4) is 5.75 Å². The molecular weight excluding hydrogens is 252 g/mol. The molecule has 0 aliphatic carbocycles. The van der Waals surface area contributed by atoms with Gasteiger partial charge in [-0.3, -0.25) is 0 Å². The molecule has 2 rings (SSSR count). The van der Waals surface area contributed by atoms with Crippen molar-refractivity contribution in [3.63, 3.8) is 0 Å². The number of ether oxygens (including phenoxy) is 2. The lowest BCUT2D eigenvalue weighted by atomic mass is 10.1. The molecule has 1 fully saturated rings. The van der Waals surface area contributed by atoms with Crippen LogP contribution in [0.3, 0.4) is 0 Å². The van der Waals surface area contributed by atoms with Gasteiger partial charge in [0.1, 0.15) is 12.4 Å². The van der Waals surface area contributed by atoms with E-state index in [1.807, 2.05) is 32.0 Å². The van der Waals surface area contributed by atoms with Crippen molar-refractivity contribution in [2.24, 2.45) is 5.73 Å². The highest BCUT2D eigenvalue weighted by molar-refractivity contribution is 5.58. The number of piperidine rings is 1. The minimum atomic E-state index is 0.244. The Kier molecular flexibility index (Phi) is 5.68. The fourth-order valence-electron chi connectivity index (χ4n) is 2.50. The van der Waals surface area contributed by atoms with Crippen molar-refractivity contribution < 1.29 is 9.47 Å². The van der Waals surface area contributed by atoms with Crippen LogP contribution < -0.4 is 15.4 Å². The van der Waals surface area contributed by atoms with Crippen LogP contribution in [0.2, 0.25) is 0 Å². The zero-order valence-corrected chi connectivity index (χ0v) is 12.5. The number of nitrogens with zero attached hydrogens (tertiary/aromatic N) is 1. The van der Waals surface area contributed by atoms with Crippen LogP contribution in [0.5, 0.6) is 5.75 Å². The number of anilines is 1. The maximum atomic E-state index is 6.07. The molecule has 1 aliphatic rings. The first-order valence-electron chi connectivity index (χ1n) is 7.51. The average Bonchev–Trinajstić information content (AvgIpc) is 2.44. The molecule has 4 nitrogen and oxygen atoms in total. The Balaban J connectivity index is 1.95. The zero-order chi connectivity index (χ0) is 14.4. The lowest BCUT2D eigenvalue weighted by Gasteiger charge is -2.33. The van der Waals surface area contributed by atoms with E-state index in [9.17, 15) is 0 Å². The standard InChI is InChI=1S/C16H26N2O2/c1-13(2)19-10-11-20-16-8-4-3-7-15(16)18-9-5-6-14(17)12-18/h3-4,7-8,13-14H,5-6,9-12,17H2,1-2H3. The molecular formula is C16H26N2O2. The molecule has 2 N–H and O–H groups in total. The molecule has 0 spiro atoms. The van der Waals surface area contributed by atoms with Crippen LogP contribution in [0.4, 0.5) is 5.69 Å². The highest BCUT2D eigenvalue weighted by atomic mass is 16.5. The third-order valence-corrected chi connectivity index (χ3v) is 3.46. The summed E-state index contributed by atoms with van der Waals surface area (Å²) in [5, 5.41) is 0. The maximum Gasteiger partial charge on any atom is 0.142 e. The number of nitrogens with two attached hydrogens (primary N) is 1. The van der Waals surface area contributed by atoms with Crippen LogP contribution >= 0.6 is 0 Å². The summed E-state index contributed by atoms with van der Waals surface area (Å²) in [6, 6.07) is 8.45. The zero-order valence-electron chi connectivity index (χ0n) is 12.5. The Morgan fingerprint density at radius 3 is 2.85 bits per heavy atom. The maximum absolute atomic E-state index is 6.07. The van der Waals surface area contributed by atoms with E-state index in [1.165, 1.54) is 0 Å². The van der Waals surface area contributed by atoms with Crippen molar-refractivity contribution in [1.29, 1.82) is 0 Å². The van der Waals surface area contributed by atoms with Gasteiger partial charge in [0.15, 0.2) is 0 Å². The molecule has 1 aromatic carbocycles. The van der Waals surface area contributed by atoms with Gasteiger partial charge < -0.3 is 20.1 Å². The van der Waals surface area contributed by atoms with E-state index in [-0.39, 0.29) is 12.1 Å². The van der Waals surface area contributed by atoms with E-state index in [4.69, 9.17) is 15.2 Å². The molecule has 1 saturated heterocycles. The lowest BCUT2D eigenvalue weighted by Crippen LogP contribution is -2.43. The summed E-state index contributed by atoms with van der Waals surface area (Å²) in [4.78, 5) is 2.33. The second-order valence-electron chi connectivity index (χ2n) is 5.58. The molecule has 0 amide bonds. The van der Waals surface area contributed by atoms with Crippen molar-refractivity contribution in [3.05, 3.63) is 24.3 Å². The third-order valence-electron chi connectivity index (χ3n) is 3.46. The van der Waals surface area contributed by atoms with Crippen molar-refractivity contribution >= 4 is 5.69 Å². The fourth-order valence-corrected chi connectivity index (χ4v) is 2.50. The van der Waals surface area contributed by atoms with Gasteiger partial charge in [0.2, 0.25) is 0 Å². The highest BCUT2D eigenvalue weighted by Gasteiger charge is 2.19. The van der Waals surface area contributed by atoms with Gasteiger partial charge in [-0.1, -0.05) is 12.1 Å². The Morgan fingerprint density at radius 1 is 1.30 bits per heavy atom. The van der Waals surface area contributed by atoms with Gasteiger partial charge >= 0.3 is 0 Å². The second-order valence-corrected chi connectivity index (χ2v) is 5.58. The van der Waals surface area contributed by atoms with Crippen molar-refractivity contribution in [1.82, 2.24) is 0 Å². The molecule has 1 atom stereocenters. The quantitative estimate of drug-likeness (QED) is 0.812. The largest absolute Gasteiger partial charge is 0.489 e. The van der Waals surface area contributed by atoms with Gasteiger partial charge in [-0.2, -0.15) is 0 Å². The Labute approximate surface area is 121 Å². The molecule has 4 heteroatoms. The van der Waals surface area contributed by atoms with E-state index < -0.39 is 0 Å². The third kappa shape index (κ3) is 4.39. The number of para-hydroxylation sites is 2. The van der Waals surface area contributed by atoms with E-state index >= 15 is 0 Å². The van der Waals surface area contributed by atoms with Gasteiger partial charge in [0.25, 0.3) is 0 Å². The molecule has 112 valence electrons. The molecule has 0 bridgehead atoms. The van der Waals surface area contributed by atoms with Gasteiger partial charge in [-0.25, -0.2) is 0 Å². The van der Waals surface area contributed by atoms with Crippen molar-refractivity contribution in [2.45, 2.75) is 38.8 Å². The number of hydrogen-bond donors (Lipinski definition) is 1. The SMILES string of the molecule is CC(C)OCCOc1ccccc1N1CCCC(N)C1. The summed E-state index contributed by atoms with van der Waals surface area (Å²) in [7, 11) is 0. The van der Waals surface area contributed by atoms with Crippen LogP contribution in [-0.4, -0.2) is 38.4 Å². The van der Waals surface area contributed by atoms with Gasteiger partial charge in [-0.05, 0) is 38.8 Å². The van der Waals surface area contributed by atoms with E-state index in [1.54, 1.807) is 0 Å². The summed E-state index contributed by atoms with van der Waals surface area (Å²) in [5.41, 5.74) is 7.21. The van der Waals surface area contributed by atoms with Crippen LogP contribution in [0.15, 0.2) is 24.3 Å². The molecule has 0 aromatic heterocycles. The first-order valence-corrected chi connectivity index (χ1v) is 7.51. The normalized spacial score (nSPS) is 19.4. The first kappa shape index (κ1) is 15.1. The van der Waals surface area contributed by atoms with Crippen LogP contribution in [0.25, 0.3) is 0 Å². The second kappa shape index (κ2) is 7.50. The van der Waals surface area contributed by atoms with Gasteiger partial charge in [0, 0.05) is 19.1 Å². The summed E-state index contributed by atoms with van der Waals surface area (Å²) in [6.45, 7) is 7.21. The molecule has 1 aromatic rings. The smallest absolute Gasteiger partial charge is 0.142 e. The highest BCUT2D eigenvalue weighted by Crippen LogP contribution is 2.29. The fraction of sp³-hybridized carbons (Fsp3) is 0.625. The van der Waals surface area contributed by atoms with Crippen molar-refractivity contribution in [2.75, 3.05) is 31.2 Å². The minimum Gasteiger partial charge on any atom is -0.489 e. The van der Waals surface area contributed by atoms with E-state index in [2.05, 4.69) is 11.0 Å². The summed E-state index contributed by atoms with van der Waals surface area (Å²) in [5.74, 6) is 0.925. The first-order chi connectivity index (χ1) is 9.66. The molecule has 0 saturated carbocycles. The Bertz CT molecular complexity index is 409. The minimum absolute atomic E-state index is 0.244. The van der Waals surface area contributed by atoms with Crippen LogP contribution in [-0.2, 0) is 4.74 Å².